The van der Waals surface area contributed by atoms with Crippen LogP contribution in [0.25, 0.3) is 22.2 Å². The van der Waals surface area contributed by atoms with Crippen LogP contribution < -0.4 is 4.74 Å². The number of H-pyrrole nitrogens is 1. The van der Waals surface area contributed by atoms with E-state index in [-0.39, 0.29) is 16.1 Å². The average molecular weight is 453 g/mol. The fourth-order valence-corrected chi connectivity index (χ4v) is 4.04. The van der Waals surface area contributed by atoms with E-state index in [9.17, 15) is 17.6 Å². The Labute approximate surface area is 179 Å². The maximum atomic E-state index is 14.1. The Hall–Kier alpha value is -3.07. The predicted molar refractivity (Wildman–Crippen MR) is 109 cm³/mol. The second-order valence-corrected chi connectivity index (χ2v) is 7.50. The summed E-state index contributed by atoms with van der Waals surface area (Å²) < 4.78 is 60.9. The molecule has 4 aromatic rings. The highest BCUT2D eigenvalue weighted by Crippen LogP contribution is 2.42. The van der Waals surface area contributed by atoms with Crippen LogP contribution >= 0.6 is 11.6 Å². The molecule has 0 aliphatic carbocycles. The van der Waals surface area contributed by atoms with Crippen molar-refractivity contribution >= 4 is 22.6 Å². The Kier molecular flexibility index (Phi) is 5.17. The summed E-state index contributed by atoms with van der Waals surface area (Å²) in [5, 5.41) is 4.07. The first kappa shape index (κ1) is 21.2. The van der Waals surface area contributed by atoms with Crippen LogP contribution in [0.2, 0.25) is 5.02 Å². The van der Waals surface area contributed by atoms with E-state index in [1.165, 1.54) is 38.7 Å². The summed E-state index contributed by atoms with van der Waals surface area (Å²) in [5.41, 5.74) is 0.801. The minimum Gasteiger partial charge on any atom is -0.496 e. The van der Waals surface area contributed by atoms with E-state index in [0.29, 0.717) is 27.9 Å². The molecule has 1 unspecified atom stereocenters. The van der Waals surface area contributed by atoms with E-state index < -0.39 is 23.6 Å². The Morgan fingerprint density at radius 2 is 2.00 bits per heavy atom. The number of aromatic nitrogens is 4. The number of fused-ring (bicyclic) bond motifs is 1. The van der Waals surface area contributed by atoms with Crippen LogP contribution in [0.15, 0.2) is 36.8 Å². The molecule has 0 aliphatic heterocycles. The van der Waals surface area contributed by atoms with Crippen LogP contribution in [0.5, 0.6) is 5.75 Å². The van der Waals surface area contributed by atoms with Gasteiger partial charge in [-0.05, 0) is 23.8 Å². The standard InChI is InChI=1S/C21H17ClF4N4O/c1-10(17-16(31-3)5-4-15(23)18(17)22)13-8-28-20-12(13)6-11(7-27-20)14-9-30(2)29-19(14)21(24,25)26/h4-10H,1-3H3,(H,27,28). The van der Waals surface area contributed by atoms with Crippen molar-refractivity contribution in [3.8, 4) is 16.9 Å². The van der Waals surface area contributed by atoms with Crippen LogP contribution in [0.4, 0.5) is 17.6 Å². The SMILES string of the molecule is COc1ccc(F)c(Cl)c1C(C)c1c[nH]c2ncc(-c3cn(C)nc3C(F)(F)F)cc12. The number of alkyl halides is 3. The Morgan fingerprint density at radius 1 is 1.26 bits per heavy atom. The van der Waals surface area contributed by atoms with Gasteiger partial charge in [0, 0.05) is 53.6 Å². The number of hydrogen-bond acceptors (Lipinski definition) is 3. The first-order valence-electron chi connectivity index (χ1n) is 9.22. The quantitative estimate of drug-likeness (QED) is 0.390. The third-order valence-electron chi connectivity index (χ3n) is 5.18. The van der Waals surface area contributed by atoms with E-state index in [4.69, 9.17) is 16.3 Å². The van der Waals surface area contributed by atoms with Crippen LogP contribution in [0.1, 0.15) is 29.7 Å². The van der Waals surface area contributed by atoms with Crippen molar-refractivity contribution in [3.63, 3.8) is 0 Å². The van der Waals surface area contributed by atoms with E-state index in [1.54, 1.807) is 12.3 Å². The zero-order valence-electron chi connectivity index (χ0n) is 16.7. The monoisotopic (exact) mass is 452 g/mol. The first-order chi connectivity index (χ1) is 14.6. The average Bonchev–Trinajstić information content (AvgIpc) is 3.32. The van der Waals surface area contributed by atoms with Crippen molar-refractivity contribution in [1.82, 2.24) is 19.7 Å². The van der Waals surface area contributed by atoms with Gasteiger partial charge in [0.25, 0.3) is 0 Å². The lowest BCUT2D eigenvalue weighted by atomic mass is 9.91. The van der Waals surface area contributed by atoms with Gasteiger partial charge >= 0.3 is 6.18 Å². The second kappa shape index (κ2) is 7.56. The van der Waals surface area contributed by atoms with Crippen molar-refractivity contribution < 1.29 is 22.3 Å². The van der Waals surface area contributed by atoms with Gasteiger partial charge in [0.15, 0.2) is 5.69 Å². The Morgan fingerprint density at radius 3 is 2.68 bits per heavy atom. The van der Waals surface area contributed by atoms with Gasteiger partial charge in [0.1, 0.15) is 17.2 Å². The lowest BCUT2D eigenvalue weighted by Crippen LogP contribution is -2.08. The number of hydrogen-bond donors (Lipinski definition) is 1. The van der Waals surface area contributed by atoms with Gasteiger partial charge in [-0.3, -0.25) is 4.68 Å². The zero-order chi connectivity index (χ0) is 22.5. The summed E-state index contributed by atoms with van der Waals surface area (Å²) in [7, 11) is 2.88. The molecule has 3 aromatic heterocycles. The van der Waals surface area contributed by atoms with Gasteiger partial charge in [-0.2, -0.15) is 18.3 Å². The molecule has 0 bridgehead atoms. The highest BCUT2D eigenvalue weighted by molar-refractivity contribution is 6.31. The topological polar surface area (TPSA) is 55.7 Å². The van der Waals surface area contributed by atoms with Crippen LogP contribution in [-0.2, 0) is 13.2 Å². The van der Waals surface area contributed by atoms with Crippen molar-refractivity contribution in [1.29, 1.82) is 0 Å². The second-order valence-electron chi connectivity index (χ2n) is 7.13. The molecule has 10 heteroatoms. The molecule has 0 radical (unpaired) electrons. The number of rotatable bonds is 4. The molecule has 0 spiro atoms. The number of nitrogens with one attached hydrogen (secondary N) is 1. The minimum absolute atomic E-state index is 0.0723. The predicted octanol–water partition coefficient (Wildman–Crippen LogP) is 5.94. The largest absolute Gasteiger partial charge is 0.496 e. The maximum absolute atomic E-state index is 14.1. The fourth-order valence-electron chi connectivity index (χ4n) is 3.72. The third kappa shape index (κ3) is 3.63. The van der Waals surface area contributed by atoms with Crippen molar-refractivity contribution in [2.45, 2.75) is 19.0 Å². The number of aromatic amines is 1. The number of nitrogens with zero attached hydrogens (tertiary/aromatic N) is 3. The molecule has 1 aromatic carbocycles. The summed E-state index contributed by atoms with van der Waals surface area (Å²) in [5.74, 6) is -0.614. The summed E-state index contributed by atoms with van der Waals surface area (Å²) in [4.78, 5) is 7.28. The molecule has 4 rings (SSSR count). The molecular formula is C21H17ClF4N4O. The van der Waals surface area contributed by atoms with E-state index in [0.717, 1.165) is 4.68 Å². The molecule has 0 amide bonds. The van der Waals surface area contributed by atoms with Gasteiger partial charge in [0.2, 0.25) is 0 Å². The highest BCUT2D eigenvalue weighted by atomic mass is 35.5. The molecule has 162 valence electrons. The minimum atomic E-state index is -4.61. The van der Waals surface area contributed by atoms with Crippen LogP contribution in [0.3, 0.4) is 0 Å². The molecule has 1 atom stereocenters. The van der Waals surface area contributed by atoms with Crippen LogP contribution in [0, 0.1) is 5.82 Å². The summed E-state index contributed by atoms with van der Waals surface area (Å²) in [6, 6.07) is 4.31. The number of halogens is 5. The van der Waals surface area contributed by atoms with E-state index >= 15 is 0 Å². The Bertz CT molecular complexity index is 1280. The van der Waals surface area contributed by atoms with Crippen LogP contribution in [-0.4, -0.2) is 26.9 Å². The van der Waals surface area contributed by atoms with Crippen molar-refractivity contribution in [2.24, 2.45) is 7.05 Å². The van der Waals surface area contributed by atoms with Gasteiger partial charge in [-0.15, -0.1) is 0 Å². The molecular weight excluding hydrogens is 436 g/mol. The van der Waals surface area contributed by atoms with Gasteiger partial charge < -0.3 is 9.72 Å². The smallest absolute Gasteiger partial charge is 0.435 e. The molecule has 3 heterocycles. The number of aryl methyl sites for hydroxylation is 1. The molecule has 31 heavy (non-hydrogen) atoms. The first-order valence-corrected chi connectivity index (χ1v) is 9.59. The molecule has 1 N–H and O–H groups in total. The van der Waals surface area contributed by atoms with Gasteiger partial charge in [-0.25, -0.2) is 9.37 Å². The molecule has 0 saturated carbocycles. The highest BCUT2D eigenvalue weighted by Gasteiger charge is 2.37. The lowest BCUT2D eigenvalue weighted by molar-refractivity contribution is -0.140. The summed E-state index contributed by atoms with van der Waals surface area (Å²) in [6.07, 6.45) is -0.272. The van der Waals surface area contributed by atoms with E-state index in [2.05, 4.69) is 15.1 Å². The number of methoxy groups -OCH3 is 1. The van der Waals surface area contributed by atoms with Crippen molar-refractivity contribution in [3.05, 3.63) is 64.5 Å². The Balaban J connectivity index is 1.88. The van der Waals surface area contributed by atoms with Gasteiger partial charge in [0.05, 0.1) is 12.1 Å². The lowest BCUT2D eigenvalue weighted by Gasteiger charge is -2.17. The maximum Gasteiger partial charge on any atom is 0.435 e. The fraction of sp³-hybridized carbons (Fsp3) is 0.238. The van der Waals surface area contributed by atoms with E-state index in [1.807, 2.05) is 6.92 Å². The molecule has 5 nitrogen and oxygen atoms in total. The molecule has 0 saturated heterocycles. The summed E-state index contributed by atoms with van der Waals surface area (Å²) in [6.45, 7) is 1.81. The van der Waals surface area contributed by atoms with Crippen molar-refractivity contribution in [2.75, 3.05) is 7.11 Å². The zero-order valence-corrected chi connectivity index (χ0v) is 17.4. The van der Waals surface area contributed by atoms with Gasteiger partial charge in [-0.1, -0.05) is 18.5 Å². The number of benzene rings is 1. The molecule has 0 fully saturated rings. The number of pyridine rings is 1. The number of ether oxygens (including phenoxy) is 1. The molecule has 0 aliphatic rings. The third-order valence-corrected chi connectivity index (χ3v) is 5.57. The summed E-state index contributed by atoms with van der Waals surface area (Å²) >= 11 is 6.22. The normalized spacial score (nSPS) is 13.0.